The molecular weight excluding hydrogens is 504 g/mol. The van der Waals surface area contributed by atoms with E-state index in [0.717, 1.165) is 68.6 Å². The average Bonchev–Trinajstić information content (AvgIpc) is 3.29. The van der Waals surface area contributed by atoms with Gasteiger partial charge in [-0.2, -0.15) is 5.10 Å². The molecule has 0 bridgehead atoms. The fourth-order valence-corrected chi connectivity index (χ4v) is 8.81. The number of H-pyrrole nitrogens is 1. The van der Waals surface area contributed by atoms with Gasteiger partial charge in [-0.3, -0.25) is 9.69 Å². The molecule has 0 spiro atoms. The van der Waals surface area contributed by atoms with Crippen LogP contribution in [0.15, 0.2) is 18.6 Å². The molecule has 2 saturated heterocycles. The molecule has 0 unspecified atom stereocenters. The van der Waals surface area contributed by atoms with Gasteiger partial charge in [0, 0.05) is 35.1 Å². The number of hydrogen-bond acceptors (Lipinski definition) is 5. The van der Waals surface area contributed by atoms with E-state index in [1.807, 2.05) is 15.9 Å². The standard InChI is InChI=1S/C31H40N6OS/c1-19(2)24-25-21(4)27(39-29(25)34-26(24)23-16-20(3)28-32-18-33-37(28)17-23)22-8-14-35(15-9-22)30(38)31(10-11-31)36-12-6-5-7-13-36/h16-19,22,34H,5-15H2,1-4H3. The Morgan fingerprint density at radius 3 is 2.54 bits per heavy atom. The highest BCUT2D eigenvalue weighted by atomic mass is 32.1. The van der Waals surface area contributed by atoms with Gasteiger partial charge in [-0.25, -0.2) is 9.50 Å². The molecule has 1 saturated carbocycles. The number of nitrogens with one attached hydrogen (secondary N) is 1. The monoisotopic (exact) mass is 544 g/mol. The van der Waals surface area contributed by atoms with Crippen LogP contribution >= 0.6 is 11.3 Å². The number of rotatable bonds is 5. The number of piperidine rings is 2. The Balaban J connectivity index is 1.14. The lowest BCUT2D eigenvalue weighted by molar-refractivity contribution is -0.140. The molecule has 4 aromatic rings. The van der Waals surface area contributed by atoms with Crippen LogP contribution in [0.5, 0.6) is 0 Å². The highest BCUT2D eigenvalue weighted by Crippen LogP contribution is 2.48. The van der Waals surface area contributed by atoms with Gasteiger partial charge in [0.1, 0.15) is 16.7 Å². The summed E-state index contributed by atoms with van der Waals surface area (Å²) in [4.78, 5) is 29.4. The fourth-order valence-electron chi connectivity index (χ4n) is 7.42. The number of carbonyl (C=O) groups is 1. The molecule has 1 aliphatic carbocycles. The number of thiophene rings is 1. The molecule has 7 rings (SSSR count). The second-order valence-electron chi connectivity index (χ2n) is 12.4. The van der Waals surface area contributed by atoms with Crippen molar-refractivity contribution in [3.63, 3.8) is 0 Å². The smallest absolute Gasteiger partial charge is 0.243 e. The third-order valence-corrected chi connectivity index (χ3v) is 11.0. The van der Waals surface area contributed by atoms with E-state index in [4.69, 9.17) is 0 Å². The zero-order valence-electron chi connectivity index (χ0n) is 23.7. The normalized spacial score (nSPS) is 20.5. The number of fused-ring (bicyclic) bond motifs is 2. The summed E-state index contributed by atoms with van der Waals surface area (Å²) in [6.45, 7) is 13.0. The van der Waals surface area contributed by atoms with Crippen molar-refractivity contribution in [2.75, 3.05) is 26.2 Å². The third kappa shape index (κ3) is 4.05. The predicted octanol–water partition coefficient (Wildman–Crippen LogP) is 6.40. The predicted molar refractivity (Wildman–Crippen MR) is 158 cm³/mol. The molecule has 8 heteroatoms. The van der Waals surface area contributed by atoms with Crippen molar-refractivity contribution < 1.29 is 4.79 Å². The van der Waals surface area contributed by atoms with Gasteiger partial charge in [0.15, 0.2) is 5.65 Å². The highest BCUT2D eigenvalue weighted by Gasteiger charge is 2.56. The number of amides is 1. The maximum absolute atomic E-state index is 13.6. The molecule has 4 aromatic heterocycles. The number of aryl methyl sites for hydroxylation is 2. The quantitative estimate of drug-likeness (QED) is 0.315. The summed E-state index contributed by atoms with van der Waals surface area (Å²) in [6, 6.07) is 2.23. The summed E-state index contributed by atoms with van der Waals surface area (Å²) >= 11 is 1.94. The van der Waals surface area contributed by atoms with Gasteiger partial charge >= 0.3 is 0 Å². The van der Waals surface area contributed by atoms with Crippen LogP contribution < -0.4 is 0 Å². The summed E-state index contributed by atoms with van der Waals surface area (Å²) in [5, 5.41) is 5.80. The average molecular weight is 545 g/mol. The molecule has 0 aromatic carbocycles. The highest BCUT2D eigenvalue weighted by molar-refractivity contribution is 7.19. The van der Waals surface area contributed by atoms with Crippen LogP contribution in [0.25, 0.3) is 27.1 Å². The van der Waals surface area contributed by atoms with Crippen molar-refractivity contribution in [3.05, 3.63) is 40.2 Å². The summed E-state index contributed by atoms with van der Waals surface area (Å²) in [5.74, 6) is 1.34. The zero-order valence-corrected chi connectivity index (χ0v) is 24.5. The lowest BCUT2D eigenvalue weighted by Crippen LogP contribution is -2.53. The number of aromatic nitrogens is 4. The van der Waals surface area contributed by atoms with E-state index in [0.29, 0.717) is 17.7 Å². The summed E-state index contributed by atoms with van der Waals surface area (Å²) < 4.78 is 1.88. The first kappa shape index (κ1) is 25.3. The zero-order chi connectivity index (χ0) is 26.9. The Bertz CT molecular complexity index is 1540. The van der Waals surface area contributed by atoms with Crippen LogP contribution in [0.3, 0.4) is 0 Å². The van der Waals surface area contributed by atoms with Crippen molar-refractivity contribution >= 4 is 33.1 Å². The number of pyridine rings is 1. The van der Waals surface area contributed by atoms with E-state index >= 15 is 0 Å². The van der Waals surface area contributed by atoms with E-state index in [2.05, 4.69) is 64.8 Å². The van der Waals surface area contributed by atoms with Crippen LogP contribution in [0, 0.1) is 13.8 Å². The van der Waals surface area contributed by atoms with Crippen LogP contribution in [0.4, 0.5) is 0 Å². The minimum absolute atomic E-state index is 0.155. The van der Waals surface area contributed by atoms with Gasteiger partial charge in [-0.05, 0) is 100 Å². The number of hydrogen-bond donors (Lipinski definition) is 1. The van der Waals surface area contributed by atoms with Gasteiger partial charge in [0.25, 0.3) is 0 Å². The molecule has 1 N–H and O–H groups in total. The Hall–Kier alpha value is -2.71. The van der Waals surface area contributed by atoms with Crippen LogP contribution in [-0.4, -0.2) is 67.0 Å². The fraction of sp³-hybridized carbons (Fsp3) is 0.581. The minimum atomic E-state index is -0.155. The molecule has 0 atom stereocenters. The van der Waals surface area contributed by atoms with E-state index in [9.17, 15) is 4.79 Å². The van der Waals surface area contributed by atoms with E-state index in [1.54, 1.807) is 6.33 Å². The lowest BCUT2D eigenvalue weighted by atomic mass is 9.90. The molecule has 6 heterocycles. The molecule has 206 valence electrons. The maximum atomic E-state index is 13.6. The maximum Gasteiger partial charge on any atom is 0.243 e. The Morgan fingerprint density at radius 2 is 1.85 bits per heavy atom. The molecule has 3 aliphatic rings. The molecule has 0 radical (unpaired) electrons. The third-order valence-electron chi connectivity index (χ3n) is 9.62. The Labute approximate surface area is 234 Å². The van der Waals surface area contributed by atoms with Gasteiger partial charge < -0.3 is 9.88 Å². The summed E-state index contributed by atoms with van der Waals surface area (Å²) in [6.07, 6.45) is 11.8. The first-order valence-electron chi connectivity index (χ1n) is 14.9. The summed E-state index contributed by atoms with van der Waals surface area (Å²) in [7, 11) is 0. The molecular formula is C31H40N6OS. The number of carbonyl (C=O) groups excluding carboxylic acids is 1. The van der Waals surface area contributed by atoms with Crippen molar-refractivity contribution in [2.45, 2.75) is 90.0 Å². The van der Waals surface area contributed by atoms with Crippen molar-refractivity contribution in [1.82, 2.24) is 29.4 Å². The Kier molecular flexibility index (Phi) is 6.12. The van der Waals surface area contributed by atoms with E-state index < -0.39 is 0 Å². The number of aromatic amines is 1. The molecule has 39 heavy (non-hydrogen) atoms. The first-order chi connectivity index (χ1) is 18.9. The first-order valence-corrected chi connectivity index (χ1v) is 15.7. The molecule has 2 aliphatic heterocycles. The lowest BCUT2D eigenvalue weighted by Gasteiger charge is -2.39. The SMILES string of the molecule is Cc1c(C2CCN(C(=O)C3(N4CCCCC4)CC3)CC2)sc2[nH]c(-c3cc(C)c4ncnn4c3)c(C(C)C)c12. The molecule has 3 fully saturated rings. The van der Waals surface area contributed by atoms with Crippen LogP contribution in [0.2, 0.25) is 0 Å². The van der Waals surface area contributed by atoms with Crippen molar-refractivity contribution in [3.8, 4) is 11.3 Å². The second kappa shape index (κ2) is 9.44. The minimum Gasteiger partial charge on any atom is -0.346 e. The van der Waals surface area contributed by atoms with E-state index in [1.165, 1.54) is 51.2 Å². The summed E-state index contributed by atoms with van der Waals surface area (Å²) in [5.41, 5.74) is 7.07. The van der Waals surface area contributed by atoms with Crippen molar-refractivity contribution in [1.29, 1.82) is 0 Å². The van der Waals surface area contributed by atoms with Gasteiger partial charge in [0.2, 0.25) is 5.91 Å². The largest absolute Gasteiger partial charge is 0.346 e. The molecule has 1 amide bonds. The van der Waals surface area contributed by atoms with Crippen molar-refractivity contribution in [2.24, 2.45) is 0 Å². The molecule has 7 nitrogen and oxygen atoms in total. The number of likely N-dealkylation sites (tertiary alicyclic amines) is 2. The van der Waals surface area contributed by atoms with Gasteiger partial charge in [-0.15, -0.1) is 11.3 Å². The van der Waals surface area contributed by atoms with Crippen LogP contribution in [-0.2, 0) is 4.79 Å². The van der Waals surface area contributed by atoms with Gasteiger partial charge in [0.05, 0.1) is 5.69 Å². The topological polar surface area (TPSA) is 69.5 Å². The second-order valence-corrected chi connectivity index (χ2v) is 13.5. The number of nitrogens with zero attached hydrogens (tertiary/aromatic N) is 5. The Morgan fingerprint density at radius 1 is 1.10 bits per heavy atom. The van der Waals surface area contributed by atoms with Crippen LogP contribution in [0.1, 0.15) is 92.2 Å². The van der Waals surface area contributed by atoms with E-state index in [-0.39, 0.29) is 5.54 Å². The van der Waals surface area contributed by atoms with Gasteiger partial charge in [-0.1, -0.05) is 20.3 Å².